The summed E-state index contributed by atoms with van der Waals surface area (Å²) in [7, 11) is 0. The third-order valence-corrected chi connectivity index (χ3v) is 14.8. The maximum atomic E-state index is 3.61. The molecule has 0 fully saturated rings. The van der Waals surface area contributed by atoms with Crippen molar-refractivity contribution in [1.29, 1.82) is 0 Å². The lowest BCUT2D eigenvalue weighted by Gasteiger charge is -2.10. The normalized spacial score (nSPS) is 10.8. The molecule has 0 saturated carbocycles. The van der Waals surface area contributed by atoms with Crippen LogP contribution in [0.25, 0.3) is 54.2 Å². The Labute approximate surface area is 452 Å². The number of fused-ring (bicyclic) bond motifs is 4. The minimum Gasteiger partial charge on any atom is -0.0654 e. The summed E-state index contributed by atoms with van der Waals surface area (Å²) in [5, 5.41) is 8.95. The summed E-state index contributed by atoms with van der Waals surface area (Å²) in [5.74, 6) is 28.5. The first-order valence-electron chi connectivity index (χ1n) is 28.0. The fourth-order valence-electron chi connectivity index (χ4n) is 10.6. The first kappa shape index (κ1) is 51.0. The Bertz CT molecular complexity index is 3500. The molecule has 10 rings (SSSR count). The van der Waals surface area contributed by atoms with Crippen LogP contribution in [0.15, 0.2) is 194 Å². The van der Waals surface area contributed by atoms with E-state index < -0.39 is 0 Å². The number of benzene rings is 10. The Morgan fingerprint density at radius 2 is 0.447 bits per heavy atom. The van der Waals surface area contributed by atoms with Crippen molar-refractivity contribution in [3.8, 4) is 58.5 Å². The van der Waals surface area contributed by atoms with Crippen LogP contribution in [0.5, 0.6) is 0 Å². The van der Waals surface area contributed by atoms with Crippen molar-refractivity contribution in [1.82, 2.24) is 0 Å². The van der Waals surface area contributed by atoms with Gasteiger partial charge < -0.3 is 0 Å². The Morgan fingerprint density at radius 1 is 0.224 bits per heavy atom. The Kier molecular flexibility index (Phi) is 17.2. The summed E-state index contributed by atoms with van der Waals surface area (Å²) < 4.78 is 0. The van der Waals surface area contributed by atoms with Crippen molar-refractivity contribution < 1.29 is 0 Å². The van der Waals surface area contributed by atoms with Crippen molar-refractivity contribution in [2.24, 2.45) is 0 Å². The average Bonchev–Trinajstić information content (AvgIpc) is 3.47. The molecule has 370 valence electrons. The van der Waals surface area contributed by atoms with Crippen LogP contribution in [0.2, 0.25) is 0 Å². The highest BCUT2D eigenvalue weighted by Gasteiger charge is 2.13. The molecular weight excluding hydrogens is 913 g/mol. The van der Waals surface area contributed by atoms with Crippen molar-refractivity contribution in [2.75, 3.05) is 0 Å². The second-order valence-corrected chi connectivity index (χ2v) is 20.3. The molecule has 10 aromatic rings. The molecule has 0 spiro atoms. The fraction of sp³-hybridized carbons (Fsp3) is 0.211. The first-order valence-corrected chi connectivity index (χ1v) is 28.0. The second-order valence-electron chi connectivity index (χ2n) is 20.3. The van der Waals surface area contributed by atoms with Gasteiger partial charge in [0.25, 0.3) is 0 Å². The molecule has 0 saturated heterocycles. The third kappa shape index (κ3) is 12.5. The largest absolute Gasteiger partial charge is 0.0654 e. The van der Waals surface area contributed by atoms with Gasteiger partial charge in [0, 0.05) is 44.5 Å². The SMILES string of the molecule is CCCCCCCCc1ccc(C#Cc2c3ccccc3c(C#Cc3ccc(-c4ccc(C#Cc5c6ccccc6c(C#Cc6ccc(CCCCCCCC)cc6)c6ccccc56)cc4)cc3)c3ccccc23)cc1. The van der Waals surface area contributed by atoms with E-state index >= 15 is 0 Å². The van der Waals surface area contributed by atoms with Crippen LogP contribution in [0.4, 0.5) is 0 Å². The zero-order valence-corrected chi connectivity index (χ0v) is 44.4. The van der Waals surface area contributed by atoms with Gasteiger partial charge in [0.2, 0.25) is 0 Å². The van der Waals surface area contributed by atoms with E-state index in [-0.39, 0.29) is 0 Å². The van der Waals surface area contributed by atoms with Gasteiger partial charge in [-0.1, -0.05) is 271 Å². The monoisotopic (exact) mass is 979 g/mol. The van der Waals surface area contributed by atoms with E-state index in [1.165, 1.54) is 88.2 Å². The lowest BCUT2D eigenvalue weighted by Crippen LogP contribution is -1.91. The standard InChI is InChI=1S/C76H66/c1-3-5-7-9-11-13-23-57-33-37-59(38-34-57)45-53-73-65-25-15-19-29-69(65)75(70-30-20-16-26-66(70)73)55-47-61-41-49-63(50-42-61)64-51-43-62(44-52-64)48-56-76-71-31-21-17-27-67(71)74(68-28-18-22-32-72(68)76)54-46-60-39-35-58(36-40-60)24-14-12-10-8-6-4-2/h15-22,25-44,49-52H,3-14,23-24H2,1-2H3. The highest BCUT2D eigenvalue weighted by molar-refractivity contribution is 6.11. The van der Waals surface area contributed by atoms with Crippen LogP contribution in [0.1, 0.15) is 147 Å². The van der Waals surface area contributed by atoms with Gasteiger partial charge in [-0.05, 0) is 140 Å². The summed E-state index contributed by atoms with van der Waals surface area (Å²) >= 11 is 0. The molecule has 0 nitrogen and oxygen atoms in total. The molecule has 0 aliphatic carbocycles. The van der Waals surface area contributed by atoms with Gasteiger partial charge in [-0.15, -0.1) is 0 Å². The maximum absolute atomic E-state index is 3.61. The fourth-order valence-corrected chi connectivity index (χ4v) is 10.6. The molecule has 0 heteroatoms. The van der Waals surface area contributed by atoms with Gasteiger partial charge in [-0.25, -0.2) is 0 Å². The van der Waals surface area contributed by atoms with E-state index in [0.29, 0.717) is 0 Å². The number of unbranched alkanes of at least 4 members (excludes halogenated alkanes) is 10. The van der Waals surface area contributed by atoms with E-state index in [0.717, 1.165) is 112 Å². The lowest BCUT2D eigenvalue weighted by atomic mass is 9.91. The van der Waals surface area contributed by atoms with Gasteiger partial charge in [-0.2, -0.15) is 0 Å². The van der Waals surface area contributed by atoms with Crippen LogP contribution in [0, 0.1) is 47.4 Å². The first-order chi connectivity index (χ1) is 37.6. The minimum atomic E-state index is 0.965. The third-order valence-electron chi connectivity index (χ3n) is 14.8. The predicted molar refractivity (Wildman–Crippen MR) is 326 cm³/mol. The number of hydrogen-bond acceptors (Lipinski definition) is 0. The van der Waals surface area contributed by atoms with E-state index in [9.17, 15) is 0 Å². The second kappa shape index (κ2) is 25.6. The number of aryl methyl sites for hydroxylation is 2. The highest BCUT2D eigenvalue weighted by atomic mass is 14.2. The zero-order valence-electron chi connectivity index (χ0n) is 44.4. The van der Waals surface area contributed by atoms with Crippen molar-refractivity contribution >= 4 is 43.1 Å². The molecule has 0 aliphatic heterocycles. The molecular formula is C76H66. The van der Waals surface area contributed by atoms with Crippen LogP contribution in [0.3, 0.4) is 0 Å². The molecule has 0 N–H and O–H groups in total. The maximum Gasteiger partial charge on any atom is 0.0406 e. The summed E-state index contributed by atoms with van der Waals surface area (Å²) in [6.07, 6.45) is 18.1. The van der Waals surface area contributed by atoms with E-state index in [1.54, 1.807) is 0 Å². The van der Waals surface area contributed by atoms with Gasteiger partial charge in [0.05, 0.1) is 0 Å². The molecule has 0 amide bonds. The lowest BCUT2D eigenvalue weighted by molar-refractivity contribution is 0.607. The summed E-state index contributed by atoms with van der Waals surface area (Å²) in [6, 6.07) is 69.1. The Morgan fingerprint density at radius 3 is 0.697 bits per heavy atom. The van der Waals surface area contributed by atoms with Crippen LogP contribution in [-0.4, -0.2) is 0 Å². The van der Waals surface area contributed by atoms with E-state index in [4.69, 9.17) is 0 Å². The van der Waals surface area contributed by atoms with Gasteiger partial charge in [0.1, 0.15) is 0 Å². The van der Waals surface area contributed by atoms with Gasteiger partial charge in [-0.3, -0.25) is 0 Å². The summed E-state index contributed by atoms with van der Waals surface area (Å²) in [6.45, 7) is 4.55. The summed E-state index contributed by atoms with van der Waals surface area (Å²) in [4.78, 5) is 0. The minimum absolute atomic E-state index is 0.965. The topological polar surface area (TPSA) is 0 Å². The van der Waals surface area contributed by atoms with Gasteiger partial charge >= 0.3 is 0 Å². The van der Waals surface area contributed by atoms with Crippen LogP contribution in [-0.2, 0) is 12.8 Å². The zero-order chi connectivity index (χ0) is 51.7. The van der Waals surface area contributed by atoms with Crippen LogP contribution < -0.4 is 0 Å². The van der Waals surface area contributed by atoms with Crippen molar-refractivity contribution in [3.05, 3.63) is 250 Å². The van der Waals surface area contributed by atoms with E-state index in [1.807, 2.05) is 0 Å². The molecule has 0 aromatic heterocycles. The highest BCUT2D eigenvalue weighted by Crippen LogP contribution is 2.34. The molecule has 0 heterocycles. The smallest absolute Gasteiger partial charge is 0.0406 e. The molecule has 0 unspecified atom stereocenters. The van der Waals surface area contributed by atoms with E-state index in [2.05, 4.69) is 255 Å². The molecule has 0 atom stereocenters. The molecule has 0 aliphatic rings. The Hall–Kier alpha value is -8.52. The molecule has 0 bridgehead atoms. The average molecular weight is 979 g/mol. The number of hydrogen-bond donors (Lipinski definition) is 0. The predicted octanol–water partition coefficient (Wildman–Crippen LogP) is 19.4. The molecule has 10 aromatic carbocycles. The van der Waals surface area contributed by atoms with Gasteiger partial charge in [0.15, 0.2) is 0 Å². The van der Waals surface area contributed by atoms with Crippen molar-refractivity contribution in [3.63, 3.8) is 0 Å². The molecule has 76 heavy (non-hydrogen) atoms. The molecule has 0 radical (unpaired) electrons. The Balaban J connectivity index is 0.845. The summed E-state index contributed by atoms with van der Waals surface area (Å²) in [5.41, 5.74) is 13.2. The number of rotatable bonds is 15. The van der Waals surface area contributed by atoms with Crippen LogP contribution >= 0.6 is 0 Å². The van der Waals surface area contributed by atoms with Crippen molar-refractivity contribution in [2.45, 2.75) is 104 Å². The quantitative estimate of drug-likeness (QED) is 0.0546.